The van der Waals surface area contributed by atoms with E-state index in [-0.39, 0.29) is 17.5 Å². The number of piperazine rings is 1. The number of aryl methyl sites for hydroxylation is 1. The highest BCUT2D eigenvalue weighted by atomic mass is 35.5. The first-order chi connectivity index (χ1) is 13.4. The van der Waals surface area contributed by atoms with Crippen LogP contribution in [-0.4, -0.2) is 45.1 Å². The van der Waals surface area contributed by atoms with Gasteiger partial charge in [-0.25, -0.2) is 0 Å². The van der Waals surface area contributed by atoms with Crippen molar-refractivity contribution in [3.05, 3.63) is 63.3 Å². The monoisotopic (exact) mass is 418 g/mol. The van der Waals surface area contributed by atoms with Crippen molar-refractivity contribution in [2.45, 2.75) is 0 Å². The molecular formula is C18H16Cl2N6O2. The van der Waals surface area contributed by atoms with Gasteiger partial charge in [0, 0.05) is 31.4 Å². The molecule has 10 heteroatoms. The second-order valence-electron chi connectivity index (χ2n) is 6.38. The van der Waals surface area contributed by atoms with Gasteiger partial charge in [-0.05, 0) is 24.3 Å². The highest BCUT2D eigenvalue weighted by molar-refractivity contribution is 6.33. The molecule has 1 fully saturated rings. The third-order valence-electron chi connectivity index (χ3n) is 4.54. The van der Waals surface area contributed by atoms with E-state index in [2.05, 4.69) is 10.2 Å². The number of hydrogen-bond donors (Lipinski definition) is 0. The minimum absolute atomic E-state index is 0.0209. The number of amides is 1. The standard InChI is InChI=1S/C18H16Cl2N6O2/c1-23-10-14(8-21-23)25-7-6-24(11-16(25)27)15-9-22-26(18(28)17(15)20)13-4-2-12(19)3-5-13/h2-5,8-10H,6-7,11H2,1H3. The van der Waals surface area contributed by atoms with Crippen LogP contribution in [0.2, 0.25) is 10.0 Å². The van der Waals surface area contributed by atoms with Crippen molar-refractivity contribution in [2.75, 3.05) is 29.4 Å². The zero-order chi connectivity index (χ0) is 19.8. The molecule has 0 radical (unpaired) electrons. The fourth-order valence-electron chi connectivity index (χ4n) is 3.11. The third-order valence-corrected chi connectivity index (χ3v) is 5.14. The molecule has 8 nitrogen and oxygen atoms in total. The van der Waals surface area contributed by atoms with Crippen LogP contribution in [-0.2, 0) is 11.8 Å². The molecule has 0 unspecified atom stereocenters. The van der Waals surface area contributed by atoms with Crippen LogP contribution in [0.3, 0.4) is 0 Å². The molecule has 3 heterocycles. The van der Waals surface area contributed by atoms with Crippen LogP contribution in [0.25, 0.3) is 5.69 Å². The molecule has 0 saturated carbocycles. The van der Waals surface area contributed by atoms with Crippen LogP contribution < -0.4 is 15.4 Å². The number of carbonyl (C=O) groups is 1. The van der Waals surface area contributed by atoms with Crippen molar-refractivity contribution in [1.82, 2.24) is 19.6 Å². The van der Waals surface area contributed by atoms with Crippen LogP contribution >= 0.6 is 23.2 Å². The molecule has 1 aromatic carbocycles. The largest absolute Gasteiger partial charge is 0.358 e. The van der Waals surface area contributed by atoms with Crippen molar-refractivity contribution >= 4 is 40.5 Å². The number of aromatic nitrogens is 4. The number of benzene rings is 1. The lowest BCUT2D eigenvalue weighted by Crippen LogP contribution is -2.51. The maximum atomic E-state index is 12.7. The zero-order valence-corrected chi connectivity index (χ0v) is 16.4. The Kier molecular flexibility index (Phi) is 4.82. The molecule has 1 aliphatic rings. The van der Waals surface area contributed by atoms with E-state index in [1.54, 1.807) is 58.2 Å². The SMILES string of the molecule is Cn1cc(N2CCN(c3cnn(-c4ccc(Cl)cc4)c(=O)c3Cl)CC2=O)cn1. The van der Waals surface area contributed by atoms with E-state index in [1.165, 1.54) is 10.9 Å². The van der Waals surface area contributed by atoms with Gasteiger partial charge in [-0.2, -0.15) is 14.9 Å². The van der Waals surface area contributed by atoms with Crippen molar-refractivity contribution in [1.29, 1.82) is 0 Å². The molecule has 0 N–H and O–H groups in total. The van der Waals surface area contributed by atoms with Crippen LogP contribution in [0.15, 0.2) is 47.7 Å². The first kappa shape index (κ1) is 18.5. The van der Waals surface area contributed by atoms with Gasteiger partial charge in [0.05, 0.1) is 36.0 Å². The first-order valence-electron chi connectivity index (χ1n) is 8.52. The van der Waals surface area contributed by atoms with Gasteiger partial charge in [0.2, 0.25) is 5.91 Å². The van der Waals surface area contributed by atoms with Gasteiger partial charge in [0.1, 0.15) is 5.02 Å². The summed E-state index contributed by atoms with van der Waals surface area (Å²) in [5, 5.41) is 8.90. The molecule has 28 heavy (non-hydrogen) atoms. The van der Waals surface area contributed by atoms with E-state index < -0.39 is 5.56 Å². The van der Waals surface area contributed by atoms with Gasteiger partial charge in [-0.3, -0.25) is 14.3 Å². The molecule has 0 bridgehead atoms. The smallest absolute Gasteiger partial charge is 0.292 e. The predicted octanol–water partition coefficient (Wildman–Crippen LogP) is 2.13. The van der Waals surface area contributed by atoms with Crippen LogP contribution in [0.4, 0.5) is 11.4 Å². The average Bonchev–Trinajstić information content (AvgIpc) is 3.11. The maximum Gasteiger partial charge on any atom is 0.292 e. The van der Waals surface area contributed by atoms with E-state index in [4.69, 9.17) is 23.2 Å². The Bertz CT molecular complexity index is 1090. The zero-order valence-electron chi connectivity index (χ0n) is 14.9. The molecule has 0 aliphatic carbocycles. The van der Waals surface area contributed by atoms with Gasteiger partial charge in [0.15, 0.2) is 0 Å². The molecule has 2 aromatic heterocycles. The van der Waals surface area contributed by atoms with Gasteiger partial charge in [-0.15, -0.1) is 0 Å². The van der Waals surface area contributed by atoms with Crippen LogP contribution in [0, 0.1) is 0 Å². The van der Waals surface area contributed by atoms with Crippen molar-refractivity contribution in [3.63, 3.8) is 0 Å². The topological polar surface area (TPSA) is 76.3 Å². The lowest BCUT2D eigenvalue weighted by Gasteiger charge is -2.35. The molecule has 3 aromatic rings. The molecule has 0 atom stereocenters. The van der Waals surface area contributed by atoms with Gasteiger partial charge in [-0.1, -0.05) is 23.2 Å². The molecular weight excluding hydrogens is 403 g/mol. The predicted molar refractivity (Wildman–Crippen MR) is 108 cm³/mol. The molecule has 0 spiro atoms. The second kappa shape index (κ2) is 7.29. The molecule has 1 aliphatic heterocycles. The van der Waals surface area contributed by atoms with Gasteiger partial charge >= 0.3 is 0 Å². The minimum atomic E-state index is -0.455. The number of rotatable bonds is 3. The molecule has 1 saturated heterocycles. The summed E-state index contributed by atoms with van der Waals surface area (Å²) in [7, 11) is 1.80. The number of hydrogen-bond acceptors (Lipinski definition) is 5. The third kappa shape index (κ3) is 3.36. The Labute approximate surface area is 170 Å². The normalized spacial score (nSPS) is 14.6. The second-order valence-corrected chi connectivity index (χ2v) is 7.19. The van der Waals surface area contributed by atoms with Crippen molar-refractivity contribution in [2.24, 2.45) is 7.05 Å². The summed E-state index contributed by atoms with van der Waals surface area (Å²) < 4.78 is 2.85. The molecule has 144 valence electrons. The summed E-state index contributed by atoms with van der Waals surface area (Å²) in [6.07, 6.45) is 4.94. The van der Waals surface area contributed by atoms with Crippen LogP contribution in [0.5, 0.6) is 0 Å². The Balaban J connectivity index is 1.59. The highest BCUT2D eigenvalue weighted by Crippen LogP contribution is 2.25. The molecule has 1 amide bonds. The van der Waals surface area contributed by atoms with E-state index in [9.17, 15) is 9.59 Å². The number of halogens is 2. The van der Waals surface area contributed by atoms with Gasteiger partial charge < -0.3 is 9.80 Å². The summed E-state index contributed by atoms with van der Waals surface area (Å²) in [5.74, 6) is -0.0998. The Morgan fingerprint density at radius 1 is 0.964 bits per heavy atom. The average molecular weight is 419 g/mol. The Morgan fingerprint density at radius 3 is 2.36 bits per heavy atom. The van der Waals surface area contributed by atoms with Crippen LogP contribution in [0.1, 0.15) is 0 Å². The lowest BCUT2D eigenvalue weighted by atomic mass is 10.2. The highest BCUT2D eigenvalue weighted by Gasteiger charge is 2.28. The van der Waals surface area contributed by atoms with E-state index in [1.807, 2.05) is 0 Å². The number of carbonyl (C=O) groups excluding carboxylic acids is 1. The summed E-state index contributed by atoms with van der Waals surface area (Å²) in [4.78, 5) is 28.7. The number of anilines is 2. The van der Waals surface area contributed by atoms with Gasteiger partial charge in [0.25, 0.3) is 5.56 Å². The summed E-state index contributed by atoms with van der Waals surface area (Å²) in [5.41, 5.74) is 1.29. The Hall–Kier alpha value is -2.84. The van der Waals surface area contributed by atoms with Crippen molar-refractivity contribution < 1.29 is 4.79 Å². The summed E-state index contributed by atoms with van der Waals surface area (Å²) >= 11 is 12.2. The minimum Gasteiger partial charge on any atom is -0.358 e. The Morgan fingerprint density at radius 2 is 1.71 bits per heavy atom. The lowest BCUT2D eigenvalue weighted by molar-refractivity contribution is -0.117. The first-order valence-corrected chi connectivity index (χ1v) is 9.27. The number of nitrogens with zero attached hydrogens (tertiary/aromatic N) is 6. The van der Waals surface area contributed by atoms with E-state index >= 15 is 0 Å². The molecule has 4 rings (SSSR count). The fraction of sp³-hybridized carbons (Fsp3) is 0.222. The van der Waals surface area contributed by atoms with Crippen molar-refractivity contribution in [3.8, 4) is 5.69 Å². The van der Waals surface area contributed by atoms with E-state index in [0.29, 0.717) is 29.5 Å². The summed E-state index contributed by atoms with van der Waals surface area (Å²) in [6.45, 7) is 1.08. The van der Waals surface area contributed by atoms with E-state index in [0.717, 1.165) is 5.69 Å². The maximum absolute atomic E-state index is 12.7. The quantitative estimate of drug-likeness (QED) is 0.650. The summed E-state index contributed by atoms with van der Waals surface area (Å²) in [6, 6.07) is 6.71. The fourth-order valence-corrected chi connectivity index (χ4v) is 3.48.